The number of anilines is 1. The van der Waals surface area contributed by atoms with Gasteiger partial charge in [0.1, 0.15) is 5.82 Å². The fourth-order valence-electron chi connectivity index (χ4n) is 3.29. The lowest BCUT2D eigenvalue weighted by Gasteiger charge is -2.08. The first kappa shape index (κ1) is 21.2. The number of benzene rings is 2. The molecule has 0 spiro atoms. The fourth-order valence-corrected chi connectivity index (χ4v) is 4.57. The zero-order chi connectivity index (χ0) is 22.0. The second-order valence-electron chi connectivity index (χ2n) is 7.03. The molecule has 2 aromatic carbocycles. The molecular formula is C22H19FN4O2S2. The Morgan fingerprint density at radius 3 is 2.55 bits per heavy atom. The van der Waals surface area contributed by atoms with E-state index in [1.165, 1.54) is 29.0 Å². The number of thiazole rings is 1. The van der Waals surface area contributed by atoms with E-state index in [2.05, 4.69) is 53.4 Å². The van der Waals surface area contributed by atoms with Gasteiger partial charge in [0.2, 0.25) is 11.8 Å². The minimum absolute atomic E-state index is 0.0998. The summed E-state index contributed by atoms with van der Waals surface area (Å²) in [5.74, 6) is -0.184. The van der Waals surface area contributed by atoms with Crippen LogP contribution in [0.5, 0.6) is 0 Å². The smallest absolute Gasteiger partial charge is 0.277 e. The number of carbonyl (C=O) groups is 1. The molecule has 4 rings (SSSR count). The Hall–Kier alpha value is -3.04. The van der Waals surface area contributed by atoms with Crippen molar-refractivity contribution in [3.05, 3.63) is 64.3 Å². The average Bonchev–Trinajstić information content (AvgIpc) is 3.36. The van der Waals surface area contributed by atoms with Gasteiger partial charge < -0.3 is 9.73 Å². The van der Waals surface area contributed by atoms with Gasteiger partial charge in [-0.1, -0.05) is 29.5 Å². The Morgan fingerprint density at radius 1 is 1.13 bits per heavy atom. The largest absolute Gasteiger partial charge is 0.411 e. The van der Waals surface area contributed by atoms with Crippen molar-refractivity contribution in [3.8, 4) is 22.7 Å². The summed E-state index contributed by atoms with van der Waals surface area (Å²) in [5.41, 5.74) is 6.08. The minimum Gasteiger partial charge on any atom is -0.411 e. The lowest BCUT2D eigenvalue weighted by atomic mass is 9.98. The maximum absolute atomic E-state index is 13.0. The number of thioether (sulfide) groups is 1. The zero-order valence-corrected chi connectivity index (χ0v) is 18.7. The Labute approximate surface area is 186 Å². The van der Waals surface area contributed by atoms with Gasteiger partial charge in [0, 0.05) is 16.5 Å². The summed E-state index contributed by atoms with van der Waals surface area (Å²) < 4.78 is 18.6. The van der Waals surface area contributed by atoms with Crippen LogP contribution in [0, 0.1) is 26.6 Å². The number of amides is 1. The second-order valence-corrected chi connectivity index (χ2v) is 8.81. The van der Waals surface area contributed by atoms with Crippen LogP contribution in [0.1, 0.15) is 16.7 Å². The van der Waals surface area contributed by atoms with Crippen molar-refractivity contribution < 1.29 is 13.6 Å². The summed E-state index contributed by atoms with van der Waals surface area (Å²) in [7, 11) is 0. The van der Waals surface area contributed by atoms with Crippen molar-refractivity contribution in [1.82, 2.24) is 15.2 Å². The highest BCUT2D eigenvalue weighted by Gasteiger charge is 2.14. The highest BCUT2D eigenvalue weighted by molar-refractivity contribution is 7.99. The molecule has 6 nitrogen and oxygen atoms in total. The Bertz CT molecular complexity index is 1210. The summed E-state index contributed by atoms with van der Waals surface area (Å²) in [5, 5.41) is 13.4. The third-order valence-electron chi connectivity index (χ3n) is 4.51. The maximum atomic E-state index is 13.0. The van der Waals surface area contributed by atoms with E-state index in [1.54, 1.807) is 12.1 Å². The summed E-state index contributed by atoms with van der Waals surface area (Å²) in [6, 6.07) is 10.0. The highest BCUT2D eigenvalue weighted by atomic mass is 32.2. The number of hydrogen-bond donors (Lipinski definition) is 1. The summed E-state index contributed by atoms with van der Waals surface area (Å²) >= 11 is 2.51. The topological polar surface area (TPSA) is 80.9 Å². The third-order valence-corrected chi connectivity index (χ3v) is 6.08. The summed E-state index contributed by atoms with van der Waals surface area (Å²) in [6.45, 7) is 6.20. The van der Waals surface area contributed by atoms with E-state index in [0.29, 0.717) is 10.7 Å². The number of halogens is 1. The summed E-state index contributed by atoms with van der Waals surface area (Å²) in [6.07, 6.45) is 0. The standard InChI is InChI=1S/C22H19FN4O2S2/c1-12-8-13(2)19(14(3)9-12)17-10-30-21(24-17)25-18(28)11-31-22-27-26-20(29-22)15-4-6-16(23)7-5-15/h4-10H,11H2,1-3H3,(H,24,25,28). The first-order valence-corrected chi connectivity index (χ1v) is 11.3. The van der Waals surface area contributed by atoms with Crippen LogP contribution < -0.4 is 5.32 Å². The first-order valence-electron chi connectivity index (χ1n) is 9.45. The van der Waals surface area contributed by atoms with Gasteiger partial charge in [-0.2, -0.15) is 0 Å². The number of carbonyl (C=O) groups excluding carboxylic acids is 1. The Morgan fingerprint density at radius 2 is 1.84 bits per heavy atom. The molecule has 0 aliphatic carbocycles. The molecule has 0 fully saturated rings. The molecule has 1 amide bonds. The van der Waals surface area contributed by atoms with E-state index in [9.17, 15) is 9.18 Å². The molecule has 0 atom stereocenters. The van der Waals surface area contributed by atoms with Gasteiger partial charge >= 0.3 is 0 Å². The highest BCUT2D eigenvalue weighted by Crippen LogP contribution is 2.31. The van der Waals surface area contributed by atoms with Crippen molar-refractivity contribution >= 4 is 34.1 Å². The van der Waals surface area contributed by atoms with Crippen LogP contribution in [0.4, 0.5) is 9.52 Å². The zero-order valence-electron chi connectivity index (χ0n) is 17.1. The predicted molar refractivity (Wildman–Crippen MR) is 121 cm³/mol. The molecule has 1 N–H and O–H groups in total. The van der Waals surface area contributed by atoms with Crippen LogP contribution in [0.2, 0.25) is 0 Å². The fraction of sp³-hybridized carbons (Fsp3) is 0.182. The van der Waals surface area contributed by atoms with Gasteiger partial charge in [-0.15, -0.1) is 21.5 Å². The molecule has 4 aromatic rings. The number of hydrogen-bond acceptors (Lipinski definition) is 7. The van der Waals surface area contributed by atoms with Crippen molar-refractivity contribution in [2.75, 3.05) is 11.1 Å². The molecule has 0 unspecified atom stereocenters. The first-order chi connectivity index (χ1) is 14.9. The van der Waals surface area contributed by atoms with Gasteiger partial charge in [-0.05, 0) is 56.2 Å². The van der Waals surface area contributed by atoms with Crippen molar-refractivity contribution in [2.45, 2.75) is 26.0 Å². The molecule has 0 saturated carbocycles. The van der Waals surface area contributed by atoms with Crippen molar-refractivity contribution in [3.63, 3.8) is 0 Å². The molecule has 0 aliphatic rings. The van der Waals surface area contributed by atoms with Crippen LogP contribution >= 0.6 is 23.1 Å². The van der Waals surface area contributed by atoms with Gasteiger partial charge in [-0.25, -0.2) is 9.37 Å². The van der Waals surface area contributed by atoms with E-state index >= 15 is 0 Å². The molecule has 2 heterocycles. The van der Waals surface area contributed by atoms with Gasteiger partial charge in [0.15, 0.2) is 5.13 Å². The van der Waals surface area contributed by atoms with Crippen LogP contribution in [0.25, 0.3) is 22.7 Å². The molecule has 0 aliphatic heterocycles. The van der Waals surface area contributed by atoms with E-state index in [-0.39, 0.29) is 28.6 Å². The predicted octanol–water partition coefficient (Wildman–Crippen LogP) is 5.66. The third kappa shape index (κ3) is 5.00. The molecule has 9 heteroatoms. The van der Waals surface area contributed by atoms with E-state index in [1.807, 2.05) is 5.38 Å². The lowest BCUT2D eigenvalue weighted by molar-refractivity contribution is -0.113. The maximum Gasteiger partial charge on any atom is 0.277 e. The molecule has 0 radical (unpaired) electrons. The van der Waals surface area contributed by atoms with E-state index in [4.69, 9.17) is 4.42 Å². The SMILES string of the molecule is Cc1cc(C)c(-c2csc(NC(=O)CSc3nnc(-c4ccc(F)cc4)o3)n2)c(C)c1. The van der Waals surface area contributed by atoms with Gasteiger partial charge in [0.05, 0.1) is 11.4 Å². The lowest BCUT2D eigenvalue weighted by Crippen LogP contribution is -2.13. The summed E-state index contributed by atoms with van der Waals surface area (Å²) in [4.78, 5) is 16.9. The number of nitrogens with zero attached hydrogens (tertiary/aromatic N) is 3. The monoisotopic (exact) mass is 454 g/mol. The van der Waals surface area contributed by atoms with Crippen LogP contribution in [-0.2, 0) is 4.79 Å². The number of nitrogens with one attached hydrogen (secondary N) is 1. The molecule has 0 saturated heterocycles. The van der Waals surface area contributed by atoms with Crippen molar-refractivity contribution in [2.24, 2.45) is 0 Å². The molecule has 0 bridgehead atoms. The number of aryl methyl sites for hydroxylation is 3. The molecule has 2 aromatic heterocycles. The minimum atomic E-state index is -0.340. The molecule has 31 heavy (non-hydrogen) atoms. The van der Waals surface area contributed by atoms with Crippen molar-refractivity contribution in [1.29, 1.82) is 0 Å². The average molecular weight is 455 g/mol. The second kappa shape index (κ2) is 8.99. The van der Waals surface area contributed by atoms with E-state index in [0.717, 1.165) is 34.1 Å². The Kier molecular flexibility index (Phi) is 6.15. The Balaban J connectivity index is 1.37. The van der Waals surface area contributed by atoms with Gasteiger partial charge in [0.25, 0.3) is 5.22 Å². The van der Waals surface area contributed by atoms with Gasteiger partial charge in [-0.3, -0.25) is 4.79 Å². The normalized spacial score (nSPS) is 11.0. The number of rotatable bonds is 6. The van der Waals surface area contributed by atoms with Crippen LogP contribution in [-0.4, -0.2) is 26.8 Å². The quantitative estimate of drug-likeness (QED) is 0.379. The van der Waals surface area contributed by atoms with Crippen LogP contribution in [0.3, 0.4) is 0 Å². The van der Waals surface area contributed by atoms with Crippen LogP contribution in [0.15, 0.2) is 51.4 Å². The number of aromatic nitrogens is 3. The molecular weight excluding hydrogens is 435 g/mol. The van der Waals surface area contributed by atoms with E-state index < -0.39 is 0 Å². The molecule has 158 valence electrons.